The Morgan fingerprint density at radius 2 is 2.17 bits per heavy atom. The number of carbonyl (C=O) groups excluding carboxylic acids is 2. The van der Waals surface area contributed by atoms with Gasteiger partial charge in [0.25, 0.3) is 5.91 Å². The number of hydrogen-bond acceptors (Lipinski definition) is 3. The highest BCUT2D eigenvalue weighted by molar-refractivity contribution is 6.24. The van der Waals surface area contributed by atoms with Gasteiger partial charge >= 0.3 is 0 Å². The van der Waals surface area contributed by atoms with E-state index in [0.29, 0.717) is 5.56 Å². The second-order valence-electron chi connectivity index (χ2n) is 4.28. The summed E-state index contributed by atoms with van der Waals surface area (Å²) >= 11 is 0. The van der Waals surface area contributed by atoms with E-state index in [-0.39, 0.29) is 5.57 Å². The number of fused-ring (bicyclic) bond motifs is 3. The zero-order valence-electron chi connectivity index (χ0n) is 9.47. The van der Waals surface area contributed by atoms with Gasteiger partial charge in [-0.15, -0.1) is 0 Å². The van der Waals surface area contributed by atoms with Crippen molar-refractivity contribution in [2.45, 2.75) is 12.5 Å². The summed E-state index contributed by atoms with van der Waals surface area (Å²) in [4.78, 5) is 26.5. The first-order chi connectivity index (χ1) is 8.61. The molecule has 1 aromatic carbocycles. The Labute approximate surface area is 102 Å². The van der Waals surface area contributed by atoms with Gasteiger partial charge in [0.2, 0.25) is 5.91 Å². The third-order valence-electron chi connectivity index (χ3n) is 3.39. The molecule has 1 aromatic rings. The van der Waals surface area contributed by atoms with E-state index < -0.39 is 17.4 Å². The lowest BCUT2D eigenvalue weighted by Crippen LogP contribution is -2.33. The highest BCUT2D eigenvalue weighted by Gasteiger charge is 2.56. The van der Waals surface area contributed by atoms with Crippen LogP contribution in [-0.2, 0) is 15.1 Å². The zero-order valence-corrected chi connectivity index (χ0v) is 9.47. The molecular formula is C12H8N4O2. The molecule has 0 saturated carbocycles. The molecule has 0 aromatic heterocycles. The van der Waals surface area contributed by atoms with Crippen molar-refractivity contribution >= 4 is 17.9 Å². The van der Waals surface area contributed by atoms with Crippen LogP contribution in [0.2, 0.25) is 0 Å². The highest BCUT2D eigenvalue weighted by Crippen LogP contribution is 2.47. The van der Waals surface area contributed by atoms with Crippen molar-refractivity contribution in [3.05, 3.63) is 50.9 Å². The van der Waals surface area contributed by atoms with Gasteiger partial charge in [-0.1, -0.05) is 23.3 Å². The topological polar surface area (TPSA) is 94.9 Å². The Kier molecular flexibility index (Phi) is 1.88. The maximum absolute atomic E-state index is 12.0. The monoisotopic (exact) mass is 240 g/mol. The van der Waals surface area contributed by atoms with Gasteiger partial charge in [-0.3, -0.25) is 14.9 Å². The second kappa shape index (κ2) is 3.21. The number of nitrogens with one attached hydrogen (secondary N) is 1. The molecular weight excluding hydrogens is 232 g/mol. The molecule has 1 fully saturated rings. The van der Waals surface area contributed by atoms with Crippen LogP contribution < -0.4 is 5.32 Å². The lowest BCUT2D eigenvalue weighted by molar-refractivity contribution is -0.126. The van der Waals surface area contributed by atoms with Gasteiger partial charge in [0.15, 0.2) is 5.54 Å². The molecule has 1 aliphatic heterocycles. The van der Waals surface area contributed by atoms with Gasteiger partial charge in [-0.25, -0.2) is 0 Å². The van der Waals surface area contributed by atoms with Crippen molar-refractivity contribution in [3.63, 3.8) is 0 Å². The van der Waals surface area contributed by atoms with E-state index in [9.17, 15) is 9.59 Å². The van der Waals surface area contributed by atoms with Crippen LogP contribution in [0, 0.1) is 6.92 Å². The Morgan fingerprint density at radius 1 is 1.39 bits per heavy atom. The first kappa shape index (κ1) is 10.6. The molecule has 1 heterocycles. The van der Waals surface area contributed by atoms with Crippen LogP contribution in [0.5, 0.6) is 0 Å². The summed E-state index contributed by atoms with van der Waals surface area (Å²) in [6.45, 7) is 1.88. The summed E-state index contributed by atoms with van der Waals surface area (Å²) in [5.41, 5.74) is 9.67. The molecule has 0 bridgehead atoms. The number of nitrogens with zero attached hydrogens (tertiary/aromatic N) is 3. The third kappa shape index (κ3) is 1.00. The molecule has 0 spiro atoms. The number of carbonyl (C=O) groups is 2. The predicted molar refractivity (Wildman–Crippen MR) is 63.1 cm³/mol. The normalized spacial score (nSPS) is 23.9. The van der Waals surface area contributed by atoms with Crippen LogP contribution in [0.4, 0.5) is 0 Å². The molecule has 6 nitrogen and oxygen atoms in total. The number of azide groups is 1. The summed E-state index contributed by atoms with van der Waals surface area (Å²) in [5.74, 6) is -1.08. The minimum Gasteiger partial charge on any atom is -0.291 e. The van der Waals surface area contributed by atoms with Crippen molar-refractivity contribution in [3.8, 4) is 0 Å². The van der Waals surface area contributed by atoms with Crippen molar-refractivity contribution in [1.29, 1.82) is 0 Å². The van der Waals surface area contributed by atoms with Crippen LogP contribution in [0.25, 0.3) is 16.5 Å². The Bertz CT molecular complexity index is 685. The molecule has 1 aliphatic carbocycles. The van der Waals surface area contributed by atoms with E-state index in [1.165, 1.54) is 0 Å². The van der Waals surface area contributed by atoms with E-state index in [2.05, 4.69) is 15.3 Å². The summed E-state index contributed by atoms with van der Waals surface area (Å²) in [6, 6.07) is 5.36. The largest absolute Gasteiger partial charge is 0.291 e. The summed E-state index contributed by atoms with van der Waals surface area (Å²) in [6.07, 6.45) is 1.62. The first-order valence-electron chi connectivity index (χ1n) is 5.35. The van der Waals surface area contributed by atoms with E-state index in [4.69, 9.17) is 5.53 Å². The van der Waals surface area contributed by atoms with Crippen molar-refractivity contribution in [1.82, 2.24) is 5.32 Å². The summed E-state index contributed by atoms with van der Waals surface area (Å²) in [7, 11) is 0. The van der Waals surface area contributed by atoms with Gasteiger partial charge in [0, 0.05) is 10.5 Å². The summed E-state index contributed by atoms with van der Waals surface area (Å²) in [5, 5.41) is 5.80. The minimum absolute atomic E-state index is 0.203. The van der Waals surface area contributed by atoms with E-state index in [1.54, 1.807) is 18.2 Å². The average Bonchev–Trinajstić information content (AvgIpc) is 2.77. The fraction of sp³-hybridized carbons (Fsp3) is 0.167. The SMILES string of the molecule is Cc1cccc2c1C=C1C(=O)NC(=O)C12N=[N+]=[N-]. The van der Waals surface area contributed by atoms with Crippen LogP contribution in [0.15, 0.2) is 28.9 Å². The second-order valence-corrected chi connectivity index (χ2v) is 4.28. The number of amides is 2. The minimum atomic E-state index is -1.52. The van der Waals surface area contributed by atoms with Gasteiger partial charge in [-0.05, 0) is 35.2 Å². The molecule has 0 radical (unpaired) electrons. The molecule has 88 valence electrons. The van der Waals surface area contributed by atoms with E-state index in [1.807, 2.05) is 13.0 Å². The molecule has 2 aliphatic rings. The molecule has 18 heavy (non-hydrogen) atoms. The lowest BCUT2D eigenvalue weighted by Gasteiger charge is -2.18. The van der Waals surface area contributed by atoms with Crippen LogP contribution in [-0.4, -0.2) is 11.8 Å². The van der Waals surface area contributed by atoms with Crippen molar-refractivity contribution in [2.24, 2.45) is 5.11 Å². The molecule has 1 atom stereocenters. The van der Waals surface area contributed by atoms with Crippen molar-refractivity contribution < 1.29 is 9.59 Å². The Hall–Kier alpha value is -2.59. The lowest BCUT2D eigenvalue weighted by atomic mass is 9.88. The number of rotatable bonds is 1. The molecule has 1 unspecified atom stereocenters. The smallest absolute Gasteiger partial charge is 0.255 e. The van der Waals surface area contributed by atoms with Gasteiger partial charge in [0.1, 0.15) is 0 Å². The Morgan fingerprint density at radius 3 is 2.89 bits per heavy atom. The van der Waals surface area contributed by atoms with Gasteiger partial charge < -0.3 is 0 Å². The van der Waals surface area contributed by atoms with Crippen LogP contribution >= 0.6 is 0 Å². The van der Waals surface area contributed by atoms with Crippen LogP contribution in [0.3, 0.4) is 0 Å². The standard InChI is InChI=1S/C12H8N4O2/c1-6-3-2-4-8-7(6)5-9-10(17)14-11(18)12(8,9)15-16-13/h2-5H,1H3,(H,14,17,18). The maximum Gasteiger partial charge on any atom is 0.255 e. The quantitative estimate of drug-likeness (QED) is 0.349. The highest BCUT2D eigenvalue weighted by atomic mass is 16.2. The zero-order chi connectivity index (χ0) is 12.9. The molecule has 1 saturated heterocycles. The fourth-order valence-electron chi connectivity index (χ4n) is 2.54. The van der Waals surface area contributed by atoms with Crippen LogP contribution in [0.1, 0.15) is 16.7 Å². The van der Waals surface area contributed by atoms with E-state index >= 15 is 0 Å². The Balaban J connectivity index is 2.41. The predicted octanol–water partition coefficient (Wildman–Crippen LogP) is 1.55. The van der Waals surface area contributed by atoms with Crippen molar-refractivity contribution in [2.75, 3.05) is 0 Å². The average molecular weight is 240 g/mol. The van der Waals surface area contributed by atoms with Gasteiger partial charge in [-0.2, -0.15) is 0 Å². The molecule has 6 heteroatoms. The fourth-order valence-corrected chi connectivity index (χ4v) is 2.54. The number of imide groups is 1. The molecule has 2 amide bonds. The van der Waals surface area contributed by atoms with E-state index in [0.717, 1.165) is 11.1 Å². The first-order valence-corrected chi connectivity index (χ1v) is 5.35. The summed E-state index contributed by atoms with van der Waals surface area (Å²) < 4.78 is 0. The van der Waals surface area contributed by atoms with Gasteiger partial charge in [0.05, 0.1) is 0 Å². The molecule has 1 N–H and O–H groups in total. The molecule has 3 rings (SSSR count). The number of hydrogen-bond donors (Lipinski definition) is 1. The maximum atomic E-state index is 12.0. The number of benzene rings is 1. The number of aryl methyl sites for hydroxylation is 1. The third-order valence-corrected chi connectivity index (χ3v) is 3.39.